The molecule has 0 radical (unpaired) electrons. The maximum Gasteiger partial charge on any atom is 0.247 e. The number of carbonyl (C=O) groups excluding carboxylic acids is 1. The molecule has 0 saturated heterocycles. The highest BCUT2D eigenvalue weighted by atomic mass is 32.2. The van der Waals surface area contributed by atoms with Crippen molar-refractivity contribution in [1.29, 1.82) is 0 Å². The summed E-state index contributed by atoms with van der Waals surface area (Å²) in [4.78, 5) is 16.3. The Morgan fingerprint density at radius 3 is 2.43 bits per heavy atom. The third-order valence-corrected chi connectivity index (χ3v) is 4.18. The van der Waals surface area contributed by atoms with Gasteiger partial charge < -0.3 is 4.74 Å². The molecule has 0 unspecified atom stereocenters. The fourth-order valence-electron chi connectivity index (χ4n) is 1.52. The van der Waals surface area contributed by atoms with Gasteiger partial charge in [0.1, 0.15) is 5.75 Å². The van der Waals surface area contributed by atoms with Gasteiger partial charge in [-0.25, -0.2) is 18.2 Å². The van der Waals surface area contributed by atoms with Crippen molar-refractivity contribution in [2.45, 2.75) is 18.2 Å². The van der Waals surface area contributed by atoms with Gasteiger partial charge in [-0.15, -0.1) is 0 Å². The molecular formula is C13H20N2O5S. The number of amides is 1. The lowest BCUT2D eigenvalue weighted by Gasteiger charge is -2.13. The van der Waals surface area contributed by atoms with Gasteiger partial charge in [0.15, 0.2) is 0 Å². The molecule has 1 amide bonds. The van der Waals surface area contributed by atoms with Crippen molar-refractivity contribution >= 4 is 15.9 Å². The topological polar surface area (TPSA) is 84.9 Å². The Balaban J connectivity index is 2.59. The van der Waals surface area contributed by atoms with E-state index in [2.05, 4.69) is 4.72 Å². The second kappa shape index (κ2) is 7.96. The zero-order chi connectivity index (χ0) is 15.9. The third kappa shape index (κ3) is 5.33. The first-order chi connectivity index (χ1) is 9.90. The largest absolute Gasteiger partial charge is 0.494 e. The van der Waals surface area contributed by atoms with Crippen molar-refractivity contribution in [3.8, 4) is 5.75 Å². The summed E-state index contributed by atoms with van der Waals surface area (Å²) in [5.74, 6) is 0.292. The molecule has 8 heteroatoms. The lowest BCUT2D eigenvalue weighted by molar-refractivity contribution is -0.168. The van der Waals surface area contributed by atoms with E-state index in [0.29, 0.717) is 12.4 Å². The van der Waals surface area contributed by atoms with Crippen LogP contribution >= 0.6 is 0 Å². The van der Waals surface area contributed by atoms with Crippen molar-refractivity contribution in [3.05, 3.63) is 24.3 Å². The monoisotopic (exact) mass is 316 g/mol. The Kier molecular flexibility index (Phi) is 6.60. The van der Waals surface area contributed by atoms with Gasteiger partial charge in [-0.1, -0.05) is 0 Å². The van der Waals surface area contributed by atoms with Crippen LogP contribution in [0.3, 0.4) is 0 Å². The van der Waals surface area contributed by atoms with Crippen LogP contribution in [0.2, 0.25) is 0 Å². The van der Waals surface area contributed by atoms with Crippen LogP contribution in [0.5, 0.6) is 5.75 Å². The second-order valence-electron chi connectivity index (χ2n) is 4.13. The zero-order valence-corrected chi connectivity index (χ0v) is 13.1. The smallest absolute Gasteiger partial charge is 0.247 e. The lowest BCUT2D eigenvalue weighted by Crippen LogP contribution is -2.31. The first-order valence-corrected chi connectivity index (χ1v) is 7.92. The Morgan fingerprint density at radius 2 is 1.90 bits per heavy atom. The molecule has 0 aliphatic carbocycles. The fourth-order valence-corrected chi connectivity index (χ4v) is 2.55. The third-order valence-electron chi connectivity index (χ3n) is 2.70. The molecule has 0 spiro atoms. The van der Waals surface area contributed by atoms with Crippen LogP contribution in [-0.2, 0) is 19.7 Å². The number of nitrogens with zero attached hydrogens (tertiary/aromatic N) is 1. The minimum absolute atomic E-state index is 0.00206. The number of benzene rings is 1. The number of nitrogens with one attached hydrogen (secondary N) is 1. The van der Waals surface area contributed by atoms with E-state index >= 15 is 0 Å². The average molecular weight is 316 g/mol. The molecular weight excluding hydrogens is 296 g/mol. The normalized spacial score (nSPS) is 11.2. The van der Waals surface area contributed by atoms with Gasteiger partial charge in [-0.05, 0) is 31.2 Å². The molecule has 0 atom stereocenters. The van der Waals surface area contributed by atoms with E-state index in [1.165, 1.54) is 26.3 Å². The number of hydrogen-bond donors (Lipinski definition) is 1. The van der Waals surface area contributed by atoms with Gasteiger partial charge in [-0.3, -0.25) is 9.63 Å². The summed E-state index contributed by atoms with van der Waals surface area (Å²) in [6.07, 6.45) is 0.0145. The molecule has 21 heavy (non-hydrogen) atoms. The molecule has 0 aliphatic heterocycles. The van der Waals surface area contributed by atoms with E-state index in [1.807, 2.05) is 6.92 Å². The van der Waals surface area contributed by atoms with E-state index in [4.69, 9.17) is 9.57 Å². The van der Waals surface area contributed by atoms with Crippen LogP contribution in [0, 0.1) is 0 Å². The van der Waals surface area contributed by atoms with Gasteiger partial charge in [0, 0.05) is 20.0 Å². The van der Waals surface area contributed by atoms with E-state index in [-0.39, 0.29) is 23.8 Å². The first kappa shape index (κ1) is 17.4. The number of hydrogen-bond acceptors (Lipinski definition) is 5. The summed E-state index contributed by atoms with van der Waals surface area (Å²) in [6.45, 7) is 2.36. The van der Waals surface area contributed by atoms with Crippen molar-refractivity contribution < 1.29 is 22.8 Å². The highest BCUT2D eigenvalue weighted by molar-refractivity contribution is 7.89. The lowest BCUT2D eigenvalue weighted by atomic mass is 10.3. The molecule has 1 aromatic carbocycles. The maximum atomic E-state index is 12.0. The van der Waals surface area contributed by atoms with Gasteiger partial charge >= 0.3 is 0 Å². The molecule has 1 N–H and O–H groups in total. The summed E-state index contributed by atoms with van der Waals surface area (Å²) in [5.41, 5.74) is 0. The molecule has 0 saturated carbocycles. The van der Waals surface area contributed by atoms with Gasteiger partial charge in [0.2, 0.25) is 15.9 Å². The molecule has 0 heterocycles. The fraction of sp³-hybridized carbons (Fsp3) is 0.462. The quantitative estimate of drug-likeness (QED) is 0.716. The van der Waals surface area contributed by atoms with E-state index in [0.717, 1.165) is 5.06 Å². The van der Waals surface area contributed by atoms with E-state index < -0.39 is 10.0 Å². The highest BCUT2D eigenvalue weighted by Crippen LogP contribution is 2.15. The Labute approximate surface area is 124 Å². The summed E-state index contributed by atoms with van der Waals surface area (Å²) >= 11 is 0. The molecule has 0 fully saturated rings. The van der Waals surface area contributed by atoms with Crippen LogP contribution in [0.1, 0.15) is 13.3 Å². The van der Waals surface area contributed by atoms with Crippen molar-refractivity contribution in [2.75, 3.05) is 27.3 Å². The van der Waals surface area contributed by atoms with Crippen LogP contribution in [0.4, 0.5) is 0 Å². The number of hydroxylamine groups is 2. The standard InChI is InChI=1S/C13H20N2O5S/c1-4-20-11-5-7-12(8-6-11)21(17,18)14-10-9-13(16)15(2)19-3/h5-8,14H,4,9-10H2,1-3H3. The van der Waals surface area contributed by atoms with Gasteiger partial charge in [0.25, 0.3) is 0 Å². The van der Waals surface area contributed by atoms with Crippen LogP contribution < -0.4 is 9.46 Å². The van der Waals surface area contributed by atoms with Crippen LogP contribution in [0.25, 0.3) is 0 Å². The summed E-state index contributed by atoms with van der Waals surface area (Å²) in [6, 6.07) is 6.08. The molecule has 0 aliphatic rings. The SMILES string of the molecule is CCOc1ccc(S(=O)(=O)NCCC(=O)N(C)OC)cc1. The predicted octanol–water partition coefficient (Wildman–Crippen LogP) is 0.774. The summed E-state index contributed by atoms with van der Waals surface area (Å²) in [5, 5.41) is 1.05. The second-order valence-corrected chi connectivity index (χ2v) is 5.89. The average Bonchev–Trinajstić information content (AvgIpc) is 2.47. The van der Waals surface area contributed by atoms with Crippen molar-refractivity contribution in [2.24, 2.45) is 0 Å². The van der Waals surface area contributed by atoms with E-state index in [1.54, 1.807) is 12.1 Å². The molecule has 7 nitrogen and oxygen atoms in total. The van der Waals surface area contributed by atoms with E-state index in [9.17, 15) is 13.2 Å². The van der Waals surface area contributed by atoms with Crippen molar-refractivity contribution in [3.63, 3.8) is 0 Å². The highest BCUT2D eigenvalue weighted by Gasteiger charge is 2.15. The molecule has 118 valence electrons. The molecule has 1 aromatic rings. The van der Waals surface area contributed by atoms with Gasteiger partial charge in [0.05, 0.1) is 18.6 Å². The molecule has 0 bridgehead atoms. The Bertz CT molecular complexity index is 556. The van der Waals surface area contributed by atoms with Crippen LogP contribution in [-0.4, -0.2) is 46.7 Å². The number of carbonyl (C=O) groups is 1. The minimum Gasteiger partial charge on any atom is -0.494 e. The molecule has 0 aromatic heterocycles. The number of rotatable bonds is 8. The number of ether oxygens (including phenoxy) is 1. The van der Waals surface area contributed by atoms with Crippen LogP contribution in [0.15, 0.2) is 29.2 Å². The molecule has 1 rings (SSSR count). The minimum atomic E-state index is -3.64. The van der Waals surface area contributed by atoms with Gasteiger partial charge in [-0.2, -0.15) is 0 Å². The maximum absolute atomic E-state index is 12.0. The Morgan fingerprint density at radius 1 is 1.29 bits per heavy atom. The zero-order valence-electron chi connectivity index (χ0n) is 12.3. The summed E-state index contributed by atoms with van der Waals surface area (Å²) < 4.78 is 31.6. The predicted molar refractivity (Wildman–Crippen MR) is 77.2 cm³/mol. The number of sulfonamides is 1. The van der Waals surface area contributed by atoms with Crippen molar-refractivity contribution in [1.82, 2.24) is 9.79 Å². The first-order valence-electron chi connectivity index (χ1n) is 6.44. The Hall–Kier alpha value is -1.64. The summed E-state index contributed by atoms with van der Waals surface area (Å²) in [7, 11) is -0.812.